The third-order valence-electron chi connectivity index (χ3n) is 2.87. The summed E-state index contributed by atoms with van der Waals surface area (Å²) >= 11 is 0. The average Bonchev–Trinajstić information content (AvgIpc) is 2.49. The molecule has 0 saturated carbocycles. The van der Waals surface area contributed by atoms with Crippen LogP contribution in [-0.2, 0) is 11.2 Å². The Bertz CT molecular complexity index is 538. The molecule has 2 aromatic rings. The van der Waals surface area contributed by atoms with Crippen molar-refractivity contribution in [3.05, 3.63) is 60.2 Å². The number of aliphatic hydroxyl groups is 1. The van der Waals surface area contributed by atoms with Crippen molar-refractivity contribution in [3.63, 3.8) is 0 Å². The summed E-state index contributed by atoms with van der Waals surface area (Å²) in [6.45, 7) is 0.356. The van der Waals surface area contributed by atoms with Gasteiger partial charge in [0.15, 0.2) is 0 Å². The molecule has 0 aromatic heterocycles. The van der Waals surface area contributed by atoms with Crippen LogP contribution in [0.2, 0.25) is 0 Å². The van der Waals surface area contributed by atoms with Crippen LogP contribution in [0.15, 0.2) is 54.6 Å². The molecule has 1 amide bonds. The minimum Gasteiger partial charge on any atom is -0.396 e. The molecule has 0 heterocycles. The van der Waals surface area contributed by atoms with E-state index in [4.69, 9.17) is 5.11 Å². The monoisotopic (exact) mass is 270 g/mol. The highest BCUT2D eigenvalue weighted by molar-refractivity contribution is 5.93. The Balaban J connectivity index is 1.82. The molecule has 0 bridgehead atoms. The molecule has 0 spiro atoms. The highest BCUT2D eigenvalue weighted by Gasteiger charge is 2.02. The molecule has 0 fully saturated rings. The Morgan fingerprint density at radius 1 is 0.950 bits per heavy atom. The number of rotatable bonds is 6. The predicted octanol–water partition coefficient (Wildman–Crippen LogP) is 2.27. The maximum absolute atomic E-state index is 11.8. The molecule has 0 aliphatic rings. The van der Waals surface area contributed by atoms with Crippen LogP contribution in [0, 0.1) is 0 Å². The van der Waals surface area contributed by atoms with E-state index >= 15 is 0 Å². The molecule has 0 atom stereocenters. The van der Waals surface area contributed by atoms with E-state index in [-0.39, 0.29) is 19.1 Å². The molecule has 0 radical (unpaired) electrons. The fourth-order valence-electron chi connectivity index (χ4n) is 1.83. The zero-order valence-electron chi connectivity index (χ0n) is 11.2. The fourth-order valence-corrected chi connectivity index (χ4v) is 1.83. The number of carbonyl (C=O) groups is 1. The van der Waals surface area contributed by atoms with Crippen LogP contribution < -0.4 is 10.6 Å². The highest BCUT2D eigenvalue weighted by Crippen LogP contribution is 2.10. The van der Waals surface area contributed by atoms with Crippen LogP contribution in [-0.4, -0.2) is 24.2 Å². The van der Waals surface area contributed by atoms with Gasteiger partial charge in [-0.05, 0) is 36.2 Å². The Hall–Kier alpha value is -2.33. The number of hydrogen-bond acceptors (Lipinski definition) is 3. The van der Waals surface area contributed by atoms with E-state index in [1.807, 2.05) is 54.6 Å². The molecule has 104 valence electrons. The first kappa shape index (κ1) is 14.1. The second-order valence-corrected chi connectivity index (χ2v) is 4.44. The normalized spacial score (nSPS) is 10.1. The molecule has 3 N–H and O–H groups in total. The fraction of sp³-hybridized carbons (Fsp3) is 0.188. The number of hydrogen-bond donors (Lipinski definition) is 3. The van der Waals surface area contributed by atoms with Crippen molar-refractivity contribution in [1.29, 1.82) is 0 Å². The maximum Gasteiger partial charge on any atom is 0.243 e. The van der Waals surface area contributed by atoms with Crippen molar-refractivity contribution in [2.24, 2.45) is 0 Å². The second-order valence-electron chi connectivity index (χ2n) is 4.44. The van der Waals surface area contributed by atoms with Gasteiger partial charge in [0.2, 0.25) is 5.91 Å². The number of benzene rings is 2. The first-order chi connectivity index (χ1) is 9.78. The molecule has 4 nitrogen and oxygen atoms in total. The molecule has 2 aromatic carbocycles. The van der Waals surface area contributed by atoms with Gasteiger partial charge in [-0.1, -0.05) is 30.3 Å². The molecule has 20 heavy (non-hydrogen) atoms. The predicted molar refractivity (Wildman–Crippen MR) is 80.8 cm³/mol. The van der Waals surface area contributed by atoms with E-state index in [0.29, 0.717) is 6.42 Å². The molecule has 0 aliphatic heterocycles. The minimum absolute atomic E-state index is 0.0937. The first-order valence-electron chi connectivity index (χ1n) is 6.56. The number of nitrogens with one attached hydrogen (secondary N) is 2. The summed E-state index contributed by atoms with van der Waals surface area (Å²) in [5, 5.41) is 14.7. The van der Waals surface area contributed by atoms with Crippen molar-refractivity contribution in [1.82, 2.24) is 0 Å². The lowest BCUT2D eigenvalue weighted by Gasteiger charge is -2.08. The van der Waals surface area contributed by atoms with Gasteiger partial charge in [0.05, 0.1) is 6.54 Å². The van der Waals surface area contributed by atoms with Gasteiger partial charge in [-0.2, -0.15) is 0 Å². The number of anilines is 2. The lowest BCUT2D eigenvalue weighted by molar-refractivity contribution is -0.114. The third kappa shape index (κ3) is 4.40. The quantitative estimate of drug-likeness (QED) is 0.754. The van der Waals surface area contributed by atoms with E-state index < -0.39 is 0 Å². The molecule has 2 rings (SSSR count). The summed E-state index contributed by atoms with van der Waals surface area (Å²) in [4.78, 5) is 11.8. The molecule has 4 heteroatoms. The molecular weight excluding hydrogens is 252 g/mol. The average molecular weight is 270 g/mol. The highest BCUT2D eigenvalue weighted by atomic mass is 16.2. The zero-order valence-corrected chi connectivity index (χ0v) is 11.2. The Morgan fingerprint density at radius 3 is 2.30 bits per heavy atom. The van der Waals surface area contributed by atoms with E-state index in [1.54, 1.807) is 0 Å². The van der Waals surface area contributed by atoms with Crippen molar-refractivity contribution in [2.45, 2.75) is 6.42 Å². The minimum atomic E-state index is -0.0937. The van der Waals surface area contributed by atoms with E-state index in [2.05, 4.69) is 10.6 Å². The number of aliphatic hydroxyl groups excluding tert-OH is 1. The van der Waals surface area contributed by atoms with Crippen molar-refractivity contribution in [2.75, 3.05) is 23.8 Å². The Labute approximate surface area is 118 Å². The smallest absolute Gasteiger partial charge is 0.243 e. The Morgan fingerprint density at radius 2 is 1.65 bits per heavy atom. The van der Waals surface area contributed by atoms with Gasteiger partial charge < -0.3 is 15.7 Å². The van der Waals surface area contributed by atoms with Crippen molar-refractivity contribution in [3.8, 4) is 0 Å². The number of amides is 1. The topological polar surface area (TPSA) is 61.4 Å². The van der Waals surface area contributed by atoms with Crippen molar-refractivity contribution < 1.29 is 9.90 Å². The van der Waals surface area contributed by atoms with Gasteiger partial charge >= 0.3 is 0 Å². The standard InChI is InChI=1S/C16H18N2O2/c19-11-10-13-6-8-15(9-7-13)18-16(20)12-17-14-4-2-1-3-5-14/h1-9,17,19H,10-12H2,(H,18,20). The number of para-hydroxylation sites is 1. The van der Waals surface area contributed by atoms with Gasteiger partial charge in [-0.3, -0.25) is 4.79 Å². The summed E-state index contributed by atoms with van der Waals surface area (Å²) < 4.78 is 0. The van der Waals surface area contributed by atoms with E-state index in [9.17, 15) is 4.79 Å². The maximum atomic E-state index is 11.8. The summed E-state index contributed by atoms with van der Waals surface area (Å²) in [5.41, 5.74) is 2.72. The van der Waals surface area contributed by atoms with E-state index in [0.717, 1.165) is 16.9 Å². The van der Waals surface area contributed by atoms with Crippen LogP contribution in [0.1, 0.15) is 5.56 Å². The van der Waals surface area contributed by atoms with Gasteiger partial charge in [0.25, 0.3) is 0 Å². The SMILES string of the molecule is O=C(CNc1ccccc1)Nc1ccc(CCO)cc1. The summed E-state index contributed by atoms with van der Waals surface area (Å²) in [6, 6.07) is 17.1. The van der Waals surface area contributed by atoms with Gasteiger partial charge in [-0.25, -0.2) is 0 Å². The summed E-state index contributed by atoms with van der Waals surface area (Å²) in [7, 11) is 0. The Kier molecular flexibility index (Phi) is 5.15. The summed E-state index contributed by atoms with van der Waals surface area (Å²) in [5.74, 6) is -0.0937. The van der Waals surface area contributed by atoms with Gasteiger partial charge in [-0.15, -0.1) is 0 Å². The molecular formula is C16H18N2O2. The zero-order chi connectivity index (χ0) is 14.2. The van der Waals surface area contributed by atoms with Gasteiger partial charge in [0.1, 0.15) is 0 Å². The van der Waals surface area contributed by atoms with E-state index in [1.165, 1.54) is 0 Å². The van der Waals surface area contributed by atoms with Crippen molar-refractivity contribution >= 4 is 17.3 Å². The first-order valence-corrected chi connectivity index (χ1v) is 6.56. The summed E-state index contributed by atoms with van der Waals surface area (Å²) in [6.07, 6.45) is 0.629. The van der Waals surface area contributed by atoms with Crippen LogP contribution >= 0.6 is 0 Å². The second kappa shape index (κ2) is 7.31. The largest absolute Gasteiger partial charge is 0.396 e. The lowest BCUT2D eigenvalue weighted by Crippen LogP contribution is -2.21. The number of carbonyl (C=O) groups excluding carboxylic acids is 1. The molecule has 0 saturated heterocycles. The molecule has 0 unspecified atom stereocenters. The van der Waals surface area contributed by atoms with Crippen LogP contribution in [0.25, 0.3) is 0 Å². The lowest BCUT2D eigenvalue weighted by atomic mass is 10.1. The van der Waals surface area contributed by atoms with Gasteiger partial charge in [0, 0.05) is 18.0 Å². The molecule has 0 aliphatic carbocycles. The van der Waals surface area contributed by atoms with Crippen LogP contribution in [0.5, 0.6) is 0 Å². The third-order valence-corrected chi connectivity index (χ3v) is 2.87. The van der Waals surface area contributed by atoms with Crippen LogP contribution in [0.4, 0.5) is 11.4 Å². The van der Waals surface area contributed by atoms with Crippen LogP contribution in [0.3, 0.4) is 0 Å².